The SMILES string of the molecule is CCC1CC=CCC1C=O. The van der Waals surface area contributed by atoms with Crippen LogP contribution in [-0.4, -0.2) is 6.29 Å². The summed E-state index contributed by atoms with van der Waals surface area (Å²) in [6, 6.07) is 0. The van der Waals surface area contributed by atoms with E-state index in [0.717, 1.165) is 25.5 Å². The number of allylic oxidation sites excluding steroid dienone is 2. The Labute approximate surface area is 62.1 Å². The third kappa shape index (κ3) is 1.47. The van der Waals surface area contributed by atoms with Crippen LogP contribution < -0.4 is 0 Å². The lowest BCUT2D eigenvalue weighted by Crippen LogP contribution is -2.16. The van der Waals surface area contributed by atoms with Gasteiger partial charge in [-0.2, -0.15) is 0 Å². The fourth-order valence-electron chi connectivity index (χ4n) is 1.53. The van der Waals surface area contributed by atoms with Gasteiger partial charge in [-0.05, 0) is 18.8 Å². The number of carbonyl (C=O) groups excluding carboxylic acids is 1. The molecule has 0 aromatic rings. The van der Waals surface area contributed by atoms with Crippen molar-refractivity contribution < 1.29 is 4.79 Å². The Bertz CT molecular complexity index is 138. The summed E-state index contributed by atoms with van der Waals surface area (Å²) in [7, 11) is 0. The molecule has 0 amide bonds. The standard InChI is InChI=1S/C9H14O/c1-2-8-5-3-4-6-9(8)7-10/h3-4,7-9H,2,5-6H2,1H3. The van der Waals surface area contributed by atoms with Crippen LogP contribution in [0.4, 0.5) is 0 Å². The third-order valence-corrected chi connectivity index (χ3v) is 2.32. The van der Waals surface area contributed by atoms with Crippen molar-refractivity contribution in [1.82, 2.24) is 0 Å². The van der Waals surface area contributed by atoms with Crippen molar-refractivity contribution in [1.29, 1.82) is 0 Å². The quantitative estimate of drug-likeness (QED) is 0.422. The minimum atomic E-state index is 0.301. The van der Waals surface area contributed by atoms with Crippen LogP contribution in [0.1, 0.15) is 26.2 Å². The van der Waals surface area contributed by atoms with Gasteiger partial charge in [0.05, 0.1) is 0 Å². The second-order valence-corrected chi connectivity index (χ2v) is 2.91. The van der Waals surface area contributed by atoms with Crippen molar-refractivity contribution in [2.45, 2.75) is 26.2 Å². The Morgan fingerprint density at radius 2 is 2.20 bits per heavy atom. The van der Waals surface area contributed by atoms with Crippen LogP contribution in [-0.2, 0) is 4.79 Å². The van der Waals surface area contributed by atoms with Crippen molar-refractivity contribution in [2.24, 2.45) is 11.8 Å². The van der Waals surface area contributed by atoms with E-state index < -0.39 is 0 Å². The van der Waals surface area contributed by atoms with E-state index in [9.17, 15) is 4.79 Å². The molecule has 1 heteroatoms. The van der Waals surface area contributed by atoms with Gasteiger partial charge in [-0.25, -0.2) is 0 Å². The summed E-state index contributed by atoms with van der Waals surface area (Å²) in [5.41, 5.74) is 0. The number of hydrogen-bond acceptors (Lipinski definition) is 1. The Morgan fingerprint density at radius 3 is 2.70 bits per heavy atom. The topological polar surface area (TPSA) is 17.1 Å². The number of hydrogen-bond donors (Lipinski definition) is 0. The Kier molecular flexibility index (Phi) is 2.67. The normalized spacial score (nSPS) is 32.1. The maximum Gasteiger partial charge on any atom is 0.123 e. The molecule has 0 bridgehead atoms. The lowest BCUT2D eigenvalue weighted by atomic mass is 9.82. The van der Waals surface area contributed by atoms with Gasteiger partial charge >= 0.3 is 0 Å². The lowest BCUT2D eigenvalue weighted by Gasteiger charge is -2.21. The molecule has 10 heavy (non-hydrogen) atoms. The zero-order chi connectivity index (χ0) is 7.40. The van der Waals surface area contributed by atoms with Gasteiger partial charge in [0.15, 0.2) is 0 Å². The van der Waals surface area contributed by atoms with Crippen molar-refractivity contribution in [3.8, 4) is 0 Å². The molecule has 0 N–H and O–H groups in total. The third-order valence-electron chi connectivity index (χ3n) is 2.32. The van der Waals surface area contributed by atoms with Crippen LogP contribution in [0.25, 0.3) is 0 Å². The molecule has 0 aliphatic heterocycles. The first-order chi connectivity index (χ1) is 4.88. The van der Waals surface area contributed by atoms with Gasteiger partial charge in [-0.1, -0.05) is 25.5 Å². The molecule has 1 aliphatic rings. The summed E-state index contributed by atoms with van der Waals surface area (Å²) in [6.45, 7) is 2.15. The lowest BCUT2D eigenvalue weighted by molar-refractivity contribution is -0.112. The average molecular weight is 138 g/mol. The predicted molar refractivity (Wildman–Crippen MR) is 41.7 cm³/mol. The molecular formula is C9H14O. The van der Waals surface area contributed by atoms with Crippen molar-refractivity contribution >= 4 is 6.29 Å². The molecule has 0 fully saturated rings. The zero-order valence-corrected chi connectivity index (χ0v) is 6.42. The first-order valence-electron chi connectivity index (χ1n) is 3.98. The molecule has 1 rings (SSSR count). The highest BCUT2D eigenvalue weighted by Gasteiger charge is 2.19. The maximum absolute atomic E-state index is 10.5. The van der Waals surface area contributed by atoms with E-state index in [1.165, 1.54) is 0 Å². The first kappa shape index (κ1) is 7.52. The van der Waals surface area contributed by atoms with Crippen LogP contribution >= 0.6 is 0 Å². The molecule has 1 aliphatic carbocycles. The van der Waals surface area contributed by atoms with E-state index in [0.29, 0.717) is 11.8 Å². The summed E-state index contributed by atoms with van der Waals surface area (Å²) in [5.74, 6) is 0.914. The zero-order valence-electron chi connectivity index (χ0n) is 6.42. The van der Waals surface area contributed by atoms with Crippen LogP contribution in [0.2, 0.25) is 0 Å². The minimum absolute atomic E-state index is 0.301. The summed E-state index contributed by atoms with van der Waals surface area (Å²) in [6.07, 6.45) is 8.60. The number of rotatable bonds is 2. The van der Waals surface area contributed by atoms with Crippen molar-refractivity contribution in [3.63, 3.8) is 0 Å². The number of carbonyl (C=O) groups is 1. The highest BCUT2D eigenvalue weighted by molar-refractivity contribution is 5.54. The highest BCUT2D eigenvalue weighted by Crippen LogP contribution is 2.25. The summed E-state index contributed by atoms with van der Waals surface area (Å²) >= 11 is 0. The van der Waals surface area contributed by atoms with Gasteiger partial charge in [0.2, 0.25) is 0 Å². The van der Waals surface area contributed by atoms with E-state index in [-0.39, 0.29) is 0 Å². The van der Waals surface area contributed by atoms with E-state index >= 15 is 0 Å². The summed E-state index contributed by atoms with van der Waals surface area (Å²) in [4.78, 5) is 10.5. The molecule has 56 valence electrons. The maximum atomic E-state index is 10.5. The monoisotopic (exact) mass is 138 g/mol. The summed E-state index contributed by atoms with van der Waals surface area (Å²) < 4.78 is 0. The minimum Gasteiger partial charge on any atom is -0.303 e. The summed E-state index contributed by atoms with van der Waals surface area (Å²) in [5, 5.41) is 0. The van der Waals surface area contributed by atoms with Crippen LogP contribution in [0, 0.1) is 11.8 Å². The molecule has 0 aromatic carbocycles. The molecule has 0 spiro atoms. The van der Waals surface area contributed by atoms with Crippen LogP contribution in [0.3, 0.4) is 0 Å². The molecule has 0 saturated carbocycles. The van der Waals surface area contributed by atoms with E-state index in [1.807, 2.05) is 0 Å². The molecular weight excluding hydrogens is 124 g/mol. The molecule has 0 radical (unpaired) electrons. The molecule has 0 saturated heterocycles. The average Bonchev–Trinajstić information content (AvgIpc) is 2.04. The van der Waals surface area contributed by atoms with E-state index in [4.69, 9.17) is 0 Å². The smallest absolute Gasteiger partial charge is 0.123 e. The van der Waals surface area contributed by atoms with Crippen LogP contribution in [0.5, 0.6) is 0 Å². The molecule has 0 aromatic heterocycles. The fourth-order valence-corrected chi connectivity index (χ4v) is 1.53. The molecule has 0 heterocycles. The van der Waals surface area contributed by atoms with E-state index in [1.54, 1.807) is 0 Å². The molecule has 2 unspecified atom stereocenters. The highest BCUT2D eigenvalue weighted by atomic mass is 16.1. The van der Waals surface area contributed by atoms with Crippen molar-refractivity contribution in [2.75, 3.05) is 0 Å². The molecule has 2 atom stereocenters. The largest absolute Gasteiger partial charge is 0.303 e. The van der Waals surface area contributed by atoms with Gasteiger partial charge < -0.3 is 4.79 Å². The Morgan fingerprint density at radius 1 is 1.50 bits per heavy atom. The van der Waals surface area contributed by atoms with Gasteiger partial charge in [0.25, 0.3) is 0 Å². The van der Waals surface area contributed by atoms with Gasteiger partial charge in [-0.3, -0.25) is 0 Å². The van der Waals surface area contributed by atoms with E-state index in [2.05, 4.69) is 19.1 Å². The van der Waals surface area contributed by atoms with Gasteiger partial charge in [-0.15, -0.1) is 0 Å². The fraction of sp³-hybridized carbons (Fsp3) is 0.667. The van der Waals surface area contributed by atoms with Crippen molar-refractivity contribution in [3.05, 3.63) is 12.2 Å². The number of aldehydes is 1. The second-order valence-electron chi connectivity index (χ2n) is 2.91. The predicted octanol–water partition coefficient (Wildman–Crippen LogP) is 2.18. The van der Waals surface area contributed by atoms with Gasteiger partial charge in [0.1, 0.15) is 6.29 Å². The Hall–Kier alpha value is -0.590. The van der Waals surface area contributed by atoms with Gasteiger partial charge in [0, 0.05) is 5.92 Å². The van der Waals surface area contributed by atoms with Crippen LogP contribution in [0.15, 0.2) is 12.2 Å². The first-order valence-corrected chi connectivity index (χ1v) is 3.98. The Balaban J connectivity index is 2.53. The molecule has 1 nitrogen and oxygen atoms in total. The second kappa shape index (κ2) is 3.55.